The van der Waals surface area contributed by atoms with Gasteiger partial charge in [0.05, 0.1) is 11.0 Å². The fourth-order valence-electron chi connectivity index (χ4n) is 1.41. The molecule has 0 saturated heterocycles. The topological polar surface area (TPSA) is 37.8 Å². The molecule has 6 heteroatoms. The highest BCUT2D eigenvalue weighted by molar-refractivity contribution is 9.10. The van der Waals surface area contributed by atoms with Crippen LogP contribution in [0.3, 0.4) is 0 Å². The molecular formula is C13H15BrFN3S. The summed E-state index contributed by atoms with van der Waals surface area (Å²) in [6, 6.07) is 4.85. The molecule has 1 heterocycles. The first-order valence-electron chi connectivity index (χ1n) is 5.88. The van der Waals surface area contributed by atoms with Crippen molar-refractivity contribution in [2.45, 2.75) is 32.9 Å². The summed E-state index contributed by atoms with van der Waals surface area (Å²) in [5, 5.41) is 13.4. The van der Waals surface area contributed by atoms with Crippen molar-refractivity contribution in [2.75, 3.05) is 0 Å². The highest BCUT2D eigenvalue weighted by Crippen LogP contribution is 2.27. The van der Waals surface area contributed by atoms with Crippen LogP contribution in [0.25, 0.3) is 10.6 Å². The Hall–Kier alpha value is -0.850. The predicted octanol–water partition coefficient (Wildman–Crippen LogP) is 3.99. The molecule has 0 aliphatic carbocycles. The molecule has 0 aliphatic rings. The molecule has 0 radical (unpaired) electrons. The van der Waals surface area contributed by atoms with Gasteiger partial charge in [0.1, 0.15) is 15.8 Å². The zero-order valence-electron chi connectivity index (χ0n) is 11.0. The van der Waals surface area contributed by atoms with Crippen LogP contribution in [-0.2, 0) is 6.54 Å². The van der Waals surface area contributed by atoms with Crippen molar-refractivity contribution in [1.29, 1.82) is 0 Å². The first-order chi connectivity index (χ1) is 8.85. The molecule has 0 spiro atoms. The third-order valence-corrected chi connectivity index (χ3v) is 3.98. The van der Waals surface area contributed by atoms with Crippen LogP contribution >= 0.6 is 27.3 Å². The molecule has 0 atom stereocenters. The van der Waals surface area contributed by atoms with E-state index in [0.717, 1.165) is 15.6 Å². The minimum absolute atomic E-state index is 0.0464. The van der Waals surface area contributed by atoms with E-state index in [1.807, 2.05) is 0 Å². The van der Waals surface area contributed by atoms with Crippen molar-refractivity contribution in [3.8, 4) is 10.6 Å². The van der Waals surface area contributed by atoms with Gasteiger partial charge in [0, 0.05) is 11.1 Å². The standard InChI is InChI=1S/C13H15BrFN3S/c1-13(2,3)16-7-11-17-18-12(19-11)8-4-5-10(15)9(14)6-8/h4-6,16H,7H2,1-3H3. The zero-order valence-corrected chi connectivity index (χ0v) is 13.4. The number of halogens is 2. The summed E-state index contributed by atoms with van der Waals surface area (Å²) in [7, 11) is 0. The normalized spacial score (nSPS) is 11.8. The van der Waals surface area contributed by atoms with Crippen molar-refractivity contribution in [3.63, 3.8) is 0 Å². The molecule has 1 aromatic heterocycles. The lowest BCUT2D eigenvalue weighted by molar-refractivity contribution is 0.423. The van der Waals surface area contributed by atoms with Gasteiger partial charge in [-0.25, -0.2) is 4.39 Å². The van der Waals surface area contributed by atoms with E-state index in [4.69, 9.17) is 0 Å². The summed E-state index contributed by atoms with van der Waals surface area (Å²) in [6.07, 6.45) is 0. The number of rotatable bonds is 3. The fraction of sp³-hybridized carbons (Fsp3) is 0.385. The van der Waals surface area contributed by atoms with E-state index in [-0.39, 0.29) is 11.4 Å². The Kier molecular flexibility index (Phi) is 4.32. The summed E-state index contributed by atoms with van der Waals surface area (Å²) in [5.41, 5.74) is 0.915. The Balaban J connectivity index is 2.14. The van der Waals surface area contributed by atoms with Gasteiger partial charge in [0.2, 0.25) is 0 Å². The second-order valence-corrected chi connectivity index (χ2v) is 7.15. The number of benzene rings is 1. The summed E-state index contributed by atoms with van der Waals surface area (Å²) in [4.78, 5) is 0. The van der Waals surface area contributed by atoms with Gasteiger partial charge in [-0.05, 0) is 54.9 Å². The molecule has 2 rings (SSSR count). The first-order valence-corrected chi connectivity index (χ1v) is 7.49. The van der Waals surface area contributed by atoms with Crippen LogP contribution < -0.4 is 5.32 Å². The minimum Gasteiger partial charge on any atom is -0.306 e. The molecule has 0 fully saturated rings. The third kappa shape index (κ3) is 4.06. The maximum Gasteiger partial charge on any atom is 0.147 e. The maximum absolute atomic E-state index is 13.2. The molecule has 0 bridgehead atoms. The lowest BCUT2D eigenvalue weighted by atomic mass is 10.1. The zero-order chi connectivity index (χ0) is 14.0. The summed E-state index contributed by atoms with van der Waals surface area (Å²) < 4.78 is 13.6. The molecule has 0 aliphatic heterocycles. The van der Waals surface area contributed by atoms with Gasteiger partial charge in [-0.3, -0.25) is 0 Å². The van der Waals surface area contributed by atoms with Crippen LogP contribution in [0.1, 0.15) is 25.8 Å². The van der Waals surface area contributed by atoms with Gasteiger partial charge in [0.25, 0.3) is 0 Å². The molecule has 1 N–H and O–H groups in total. The number of nitrogens with one attached hydrogen (secondary N) is 1. The summed E-state index contributed by atoms with van der Waals surface area (Å²) in [5.74, 6) is -0.275. The maximum atomic E-state index is 13.2. The van der Waals surface area contributed by atoms with Crippen molar-refractivity contribution in [3.05, 3.63) is 33.5 Å². The molecule has 1 aromatic carbocycles. The largest absolute Gasteiger partial charge is 0.306 e. The second-order valence-electron chi connectivity index (χ2n) is 5.23. The quantitative estimate of drug-likeness (QED) is 0.915. The first kappa shape index (κ1) is 14.6. The molecule has 0 amide bonds. The van der Waals surface area contributed by atoms with Gasteiger partial charge >= 0.3 is 0 Å². The number of hydrogen-bond donors (Lipinski definition) is 1. The smallest absolute Gasteiger partial charge is 0.147 e. The lowest BCUT2D eigenvalue weighted by Crippen LogP contribution is -2.35. The van der Waals surface area contributed by atoms with Gasteiger partial charge in [-0.15, -0.1) is 10.2 Å². The van der Waals surface area contributed by atoms with Crippen LogP contribution in [0.5, 0.6) is 0 Å². The van der Waals surface area contributed by atoms with Gasteiger partial charge in [-0.1, -0.05) is 11.3 Å². The monoisotopic (exact) mass is 343 g/mol. The highest BCUT2D eigenvalue weighted by atomic mass is 79.9. The van der Waals surface area contributed by atoms with Crippen LogP contribution in [0.15, 0.2) is 22.7 Å². The Morgan fingerprint density at radius 3 is 2.68 bits per heavy atom. The Labute approximate surface area is 124 Å². The molecular weight excluding hydrogens is 329 g/mol. The third-order valence-electron chi connectivity index (χ3n) is 2.40. The van der Waals surface area contributed by atoms with Gasteiger partial charge in [0.15, 0.2) is 0 Å². The SMILES string of the molecule is CC(C)(C)NCc1nnc(-c2ccc(F)c(Br)c2)s1. The van der Waals surface area contributed by atoms with Crippen molar-refractivity contribution in [1.82, 2.24) is 15.5 Å². The average Bonchev–Trinajstić information content (AvgIpc) is 2.78. The second kappa shape index (κ2) is 5.64. The summed E-state index contributed by atoms with van der Waals surface area (Å²) >= 11 is 4.69. The Morgan fingerprint density at radius 2 is 2.05 bits per heavy atom. The van der Waals surface area contributed by atoms with E-state index in [9.17, 15) is 4.39 Å². The lowest BCUT2D eigenvalue weighted by Gasteiger charge is -2.19. The molecule has 19 heavy (non-hydrogen) atoms. The molecule has 3 nitrogen and oxygen atoms in total. The van der Waals surface area contributed by atoms with Crippen LogP contribution in [0, 0.1) is 5.82 Å². The number of hydrogen-bond acceptors (Lipinski definition) is 4. The van der Waals surface area contributed by atoms with E-state index in [0.29, 0.717) is 11.0 Å². The van der Waals surface area contributed by atoms with Crippen LogP contribution in [0.2, 0.25) is 0 Å². The Morgan fingerprint density at radius 1 is 1.32 bits per heavy atom. The van der Waals surface area contributed by atoms with Crippen molar-refractivity contribution >= 4 is 27.3 Å². The van der Waals surface area contributed by atoms with E-state index in [1.54, 1.807) is 12.1 Å². The molecule has 0 unspecified atom stereocenters. The summed E-state index contributed by atoms with van der Waals surface area (Å²) in [6.45, 7) is 6.99. The minimum atomic E-state index is -0.275. The van der Waals surface area contributed by atoms with Crippen LogP contribution in [0.4, 0.5) is 4.39 Å². The fourth-order valence-corrected chi connectivity index (χ4v) is 2.57. The van der Waals surface area contributed by atoms with Gasteiger partial charge in [-0.2, -0.15) is 0 Å². The molecule has 2 aromatic rings. The Bertz CT molecular complexity index is 578. The number of aromatic nitrogens is 2. The predicted molar refractivity (Wildman–Crippen MR) is 79.6 cm³/mol. The van der Waals surface area contributed by atoms with Crippen molar-refractivity contribution in [2.24, 2.45) is 0 Å². The van der Waals surface area contributed by atoms with E-state index in [2.05, 4.69) is 52.2 Å². The van der Waals surface area contributed by atoms with Crippen LogP contribution in [-0.4, -0.2) is 15.7 Å². The molecule has 0 saturated carbocycles. The molecule has 102 valence electrons. The van der Waals surface area contributed by atoms with E-state index in [1.165, 1.54) is 17.4 Å². The van der Waals surface area contributed by atoms with Crippen molar-refractivity contribution < 1.29 is 4.39 Å². The highest BCUT2D eigenvalue weighted by Gasteiger charge is 2.12. The van der Waals surface area contributed by atoms with E-state index >= 15 is 0 Å². The van der Waals surface area contributed by atoms with Gasteiger partial charge < -0.3 is 5.32 Å². The van der Waals surface area contributed by atoms with E-state index < -0.39 is 0 Å². The average molecular weight is 344 g/mol. The number of nitrogens with zero attached hydrogens (tertiary/aromatic N) is 2.